The molecule has 5 rings (SSSR count). The van der Waals surface area contributed by atoms with Crippen LogP contribution in [0.25, 0.3) is 11.1 Å². The van der Waals surface area contributed by atoms with Gasteiger partial charge in [-0.3, -0.25) is 0 Å². The van der Waals surface area contributed by atoms with E-state index in [0.717, 1.165) is 36.5 Å². The van der Waals surface area contributed by atoms with E-state index in [1.807, 2.05) is 0 Å². The highest BCUT2D eigenvalue weighted by molar-refractivity contribution is 5.67. The van der Waals surface area contributed by atoms with Gasteiger partial charge in [0.25, 0.3) is 0 Å². The number of rotatable bonds is 7. The number of hydrogen-bond donors (Lipinski definition) is 0. The van der Waals surface area contributed by atoms with Gasteiger partial charge in [0.15, 0.2) is 23.1 Å². The first-order valence-corrected chi connectivity index (χ1v) is 14.6. The van der Waals surface area contributed by atoms with Crippen LogP contribution in [0.2, 0.25) is 0 Å². The summed E-state index contributed by atoms with van der Waals surface area (Å²) in [5, 5.41) is 0. The van der Waals surface area contributed by atoms with Gasteiger partial charge >= 0.3 is 0 Å². The third-order valence-corrected chi connectivity index (χ3v) is 9.65. The molecule has 208 valence electrons. The molecule has 0 aromatic heterocycles. The van der Waals surface area contributed by atoms with Gasteiger partial charge in [-0.25, -0.2) is 8.78 Å². The van der Waals surface area contributed by atoms with Gasteiger partial charge in [-0.1, -0.05) is 19.8 Å². The highest BCUT2D eigenvalue weighted by atomic mass is 19.2. The molecule has 2 aromatic rings. The molecular weight excluding hydrogens is 492 g/mol. The van der Waals surface area contributed by atoms with Gasteiger partial charge in [0.2, 0.25) is 11.6 Å². The van der Waals surface area contributed by atoms with E-state index in [9.17, 15) is 17.6 Å². The standard InChI is InChI=1S/C32H40F4O2/c1-3-37-27-14-12-25(29(33)31(27)35)26-13-15-28(32(36)30(26)34)38-18-20-6-9-24-17-23(11-10-22(24)16-20)21-7-4-19(2)5-8-21/h12-15,19-24H,3-11,16-18H2,1-2H3. The van der Waals surface area contributed by atoms with Gasteiger partial charge in [-0.15, -0.1) is 0 Å². The Bertz CT molecular complexity index is 1110. The van der Waals surface area contributed by atoms with Crippen molar-refractivity contribution < 1.29 is 27.0 Å². The molecule has 0 bridgehead atoms. The Balaban J connectivity index is 1.18. The summed E-state index contributed by atoms with van der Waals surface area (Å²) in [6.45, 7) is 4.53. The van der Waals surface area contributed by atoms with Crippen molar-refractivity contribution in [2.45, 2.75) is 78.1 Å². The second-order valence-corrected chi connectivity index (χ2v) is 12.0. The highest BCUT2D eigenvalue weighted by Crippen LogP contribution is 2.49. The number of ether oxygens (including phenoxy) is 2. The van der Waals surface area contributed by atoms with Gasteiger partial charge in [-0.05, 0) is 118 Å². The fraction of sp³-hybridized carbons (Fsp3) is 0.625. The Hall–Kier alpha value is -2.24. The Kier molecular flexibility index (Phi) is 8.54. The van der Waals surface area contributed by atoms with E-state index in [2.05, 4.69) is 6.92 Å². The SMILES string of the molecule is CCOc1ccc(-c2ccc(OCC3CCC4CC(C5CCC(C)CC5)CCC4C3)c(F)c2F)c(F)c1F. The zero-order valence-corrected chi connectivity index (χ0v) is 22.6. The molecular formula is C32H40F4O2. The smallest absolute Gasteiger partial charge is 0.201 e. The number of hydrogen-bond acceptors (Lipinski definition) is 2. The van der Waals surface area contributed by atoms with E-state index in [0.29, 0.717) is 18.4 Å². The zero-order valence-electron chi connectivity index (χ0n) is 22.6. The Labute approximate surface area is 224 Å². The number of benzene rings is 2. The predicted molar refractivity (Wildman–Crippen MR) is 141 cm³/mol. The molecule has 0 aliphatic heterocycles. The summed E-state index contributed by atoms with van der Waals surface area (Å²) in [4.78, 5) is 0. The molecule has 2 aromatic carbocycles. The lowest BCUT2D eigenvalue weighted by molar-refractivity contribution is 0.0490. The van der Waals surface area contributed by atoms with E-state index in [1.165, 1.54) is 75.6 Å². The van der Waals surface area contributed by atoms with Crippen molar-refractivity contribution in [3.05, 3.63) is 47.5 Å². The Morgan fingerprint density at radius 3 is 1.71 bits per heavy atom. The summed E-state index contributed by atoms with van der Waals surface area (Å²) in [5.41, 5.74) is -0.704. The lowest BCUT2D eigenvalue weighted by atomic mass is 9.61. The molecule has 38 heavy (non-hydrogen) atoms. The third-order valence-electron chi connectivity index (χ3n) is 9.65. The molecule has 4 atom stereocenters. The van der Waals surface area contributed by atoms with E-state index in [-0.39, 0.29) is 29.2 Å². The lowest BCUT2D eigenvalue weighted by Gasteiger charge is -2.45. The minimum Gasteiger partial charge on any atom is -0.491 e. The first kappa shape index (κ1) is 27.3. The van der Waals surface area contributed by atoms with Crippen LogP contribution >= 0.6 is 0 Å². The molecule has 3 aliphatic carbocycles. The van der Waals surface area contributed by atoms with E-state index in [1.54, 1.807) is 6.92 Å². The molecule has 3 aliphatic rings. The summed E-state index contributed by atoms with van der Waals surface area (Å²) in [5.74, 6) is -0.836. The van der Waals surface area contributed by atoms with Crippen molar-refractivity contribution in [1.29, 1.82) is 0 Å². The van der Waals surface area contributed by atoms with Crippen LogP contribution in [0.1, 0.15) is 78.1 Å². The minimum absolute atomic E-state index is 0.160. The second-order valence-electron chi connectivity index (χ2n) is 12.0. The van der Waals surface area contributed by atoms with Crippen molar-refractivity contribution in [3.63, 3.8) is 0 Å². The van der Waals surface area contributed by atoms with Gasteiger partial charge in [0, 0.05) is 11.1 Å². The van der Waals surface area contributed by atoms with E-state index >= 15 is 0 Å². The second kappa shape index (κ2) is 11.9. The average Bonchev–Trinajstić information content (AvgIpc) is 2.93. The van der Waals surface area contributed by atoms with Crippen LogP contribution in [0, 0.1) is 58.8 Å². The maximum atomic E-state index is 14.9. The quantitative estimate of drug-likeness (QED) is 0.331. The molecule has 3 fully saturated rings. The number of fused-ring (bicyclic) bond motifs is 1. The van der Waals surface area contributed by atoms with Crippen LogP contribution in [-0.2, 0) is 0 Å². The third kappa shape index (κ3) is 5.70. The summed E-state index contributed by atoms with van der Waals surface area (Å²) in [6, 6.07) is 4.97. The molecule has 3 saturated carbocycles. The predicted octanol–water partition coefficient (Wildman–Crippen LogP) is 9.35. The monoisotopic (exact) mass is 532 g/mol. The molecule has 2 nitrogen and oxygen atoms in total. The van der Waals surface area contributed by atoms with Gasteiger partial charge in [-0.2, -0.15) is 8.78 Å². The van der Waals surface area contributed by atoms with Crippen molar-refractivity contribution in [2.24, 2.45) is 35.5 Å². The fourth-order valence-electron chi connectivity index (χ4n) is 7.43. The lowest BCUT2D eigenvalue weighted by Crippen LogP contribution is -2.35. The van der Waals surface area contributed by atoms with Crippen LogP contribution in [0.3, 0.4) is 0 Å². The average molecular weight is 533 g/mol. The maximum absolute atomic E-state index is 14.9. The molecule has 0 heterocycles. The largest absolute Gasteiger partial charge is 0.491 e. The summed E-state index contributed by atoms with van der Waals surface area (Å²) in [6.07, 6.45) is 12.9. The summed E-state index contributed by atoms with van der Waals surface area (Å²) < 4.78 is 69.5. The normalized spacial score (nSPS) is 29.5. The van der Waals surface area contributed by atoms with Crippen LogP contribution in [-0.4, -0.2) is 13.2 Å². The van der Waals surface area contributed by atoms with Crippen molar-refractivity contribution in [3.8, 4) is 22.6 Å². The van der Waals surface area contributed by atoms with E-state index < -0.39 is 23.3 Å². The van der Waals surface area contributed by atoms with Crippen LogP contribution in [0.5, 0.6) is 11.5 Å². The summed E-state index contributed by atoms with van der Waals surface area (Å²) >= 11 is 0. The van der Waals surface area contributed by atoms with Crippen molar-refractivity contribution in [2.75, 3.05) is 13.2 Å². The Morgan fingerprint density at radius 2 is 1.11 bits per heavy atom. The van der Waals surface area contributed by atoms with Crippen molar-refractivity contribution >= 4 is 0 Å². The molecule has 0 spiro atoms. The minimum atomic E-state index is -1.27. The molecule has 0 amide bonds. The van der Waals surface area contributed by atoms with Gasteiger partial charge in [0.05, 0.1) is 13.2 Å². The Morgan fingerprint density at radius 1 is 0.605 bits per heavy atom. The molecule has 6 heteroatoms. The zero-order chi connectivity index (χ0) is 26.8. The first-order chi connectivity index (χ1) is 18.4. The summed E-state index contributed by atoms with van der Waals surface area (Å²) in [7, 11) is 0. The molecule has 4 unspecified atom stereocenters. The number of halogens is 4. The van der Waals surface area contributed by atoms with Crippen molar-refractivity contribution in [1.82, 2.24) is 0 Å². The topological polar surface area (TPSA) is 18.5 Å². The van der Waals surface area contributed by atoms with E-state index in [4.69, 9.17) is 9.47 Å². The van der Waals surface area contributed by atoms with Crippen LogP contribution < -0.4 is 9.47 Å². The highest BCUT2D eigenvalue weighted by Gasteiger charge is 2.38. The maximum Gasteiger partial charge on any atom is 0.201 e. The van der Waals surface area contributed by atoms with Crippen LogP contribution in [0.4, 0.5) is 17.6 Å². The van der Waals surface area contributed by atoms with Crippen LogP contribution in [0.15, 0.2) is 24.3 Å². The molecule has 0 radical (unpaired) electrons. The molecule has 0 saturated heterocycles. The van der Waals surface area contributed by atoms with Gasteiger partial charge in [0.1, 0.15) is 0 Å². The first-order valence-electron chi connectivity index (χ1n) is 14.6. The van der Waals surface area contributed by atoms with Gasteiger partial charge < -0.3 is 9.47 Å². The molecule has 0 N–H and O–H groups in total. The fourth-order valence-corrected chi connectivity index (χ4v) is 7.43.